The van der Waals surface area contributed by atoms with Crippen LogP contribution in [0.25, 0.3) is 11.1 Å². The Morgan fingerprint density at radius 2 is 1.56 bits per heavy atom. The molecule has 2 unspecified atom stereocenters. The highest BCUT2D eigenvalue weighted by Crippen LogP contribution is 2.47. The molecule has 2 saturated heterocycles. The van der Waals surface area contributed by atoms with E-state index >= 15 is 0 Å². The van der Waals surface area contributed by atoms with E-state index in [1.165, 1.54) is 6.07 Å². The smallest absolute Gasteiger partial charge is 0.410 e. The molecule has 1 amide bonds. The topological polar surface area (TPSA) is 49.8 Å². The first-order chi connectivity index (χ1) is 17.4. The van der Waals surface area contributed by atoms with E-state index in [1.807, 2.05) is 24.3 Å². The third-order valence-electron chi connectivity index (χ3n) is 8.09. The van der Waals surface area contributed by atoms with Gasteiger partial charge in [-0.05, 0) is 46.7 Å². The first-order valence-corrected chi connectivity index (χ1v) is 12.3. The summed E-state index contributed by atoms with van der Waals surface area (Å²) in [5, 5.41) is 11.4. The van der Waals surface area contributed by atoms with Crippen LogP contribution in [0.2, 0.25) is 0 Å². The van der Waals surface area contributed by atoms with Crippen LogP contribution in [0.1, 0.15) is 60.3 Å². The second-order valence-corrected chi connectivity index (χ2v) is 10.1. The van der Waals surface area contributed by atoms with Gasteiger partial charge in [-0.2, -0.15) is 0 Å². The highest BCUT2D eigenvalue weighted by Gasteiger charge is 2.51. The van der Waals surface area contributed by atoms with Crippen molar-refractivity contribution in [2.75, 3.05) is 6.61 Å². The molecule has 3 aromatic rings. The number of piperidine rings is 1. The maximum atomic E-state index is 14.2. The number of aliphatic hydroxyl groups is 1. The maximum Gasteiger partial charge on any atom is 0.410 e. The summed E-state index contributed by atoms with van der Waals surface area (Å²) in [6.45, 7) is 0.216. The van der Waals surface area contributed by atoms with Gasteiger partial charge in [-0.1, -0.05) is 60.7 Å². The van der Waals surface area contributed by atoms with Crippen LogP contribution < -0.4 is 0 Å². The summed E-state index contributed by atoms with van der Waals surface area (Å²) in [4.78, 5) is 15.0. The molecule has 0 radical (unpaired) electrons. The number of ether oxygens (including phenoxy) is 1. The second kappa shape index (κ2) is 8.66. The van der Waals surface area contributed by atoms with E-state index in [9.17, 15) is 23.1 Å². The van der Waals surface area contributed by atoms with Crippen molar-refractivity contribution in [3.05, 3.63) is 94.8 Å². The third kappa shape index (κ3) is 3.68. The van der Waals surface area contributed by atoms with E-state index in [2.05, 4.69) is 24.3 Å². The van der Waals surface area contributed by atoms with Crippen molar-refractivity contribution in [2.24, 2.45) is 0 Å². The minimum atomic E-state index is -2.92. The number of fused-ring (bicyclic) bond motifs is 5. The lowest BCUT2D eigenvalue weighted by molar-refractivity contribution is -0.0533. The number of nitrogens with zero attached hydrogens (tertiary/aromatic N) is 1. The van der Waals surface area contributed by atoms with Gasteiger partial charge in [0.1, 0.15) is 12.4 Å². The molecule has 0 spiro atoms. The van der Waals surface area contributed by atoms with Gasteiger partial charge in [-0.15, -0.1) is 0 Å². The summed E-state index contributed by atoms with van der Waals surface area (Å²) in [5.74, 6) is -1.07. The predicted molar refractivity (Wildman–Crippen MR) is 128 cm³/mol. The Balaban J connectivity index is 1.18. The Hall–Kier alpha value is -3.32. The average Bonchev–Trinajstić information content (AvgIpc) is 3.34. The minimum Gasteiger partial charge on any atom is -0.448 e. The van der Waals surface area contributed by atoms with Crippen molar-refractivity contribution in [2.45, 2.75) is 55.7 Å². The third-order valence-corrected chi connectivity index (χ3v) is 8.09. The van der Waals surface area contributed by atoms with Gasteiger partial charge < -0.3 is 14.7 Å². The fourth-order valence-electron chi connectivity index (χ4n) is 6.42. The summed E-state index contributed by atoms with van der Waals surface area (Å²) in [5.41, 5.74) is 2.79. The quantitative estimate of drug-likeness (QED) is 0.450. The zero-order chi connectivity index (χ0) is 25.0. The molecular weight excluding hydrogens is 467 g/mol. The molecule has 7 heteroatoms. The number of amides is 1. The van der Waals surface area contributed by atoms with Gasteiger partial charge in [0, 0.05) is 30.8 Å². The van der Waals surface area contributed by atoms with Crippen LogP contribution in [0.3, 0.4) is 0 Å². The molecule has 2 atom stereocenters. The minimum absolute atomic E-state index is 0.0444. The van der Waals surface area contributed by atoms with Gasteiger partial charge in [0.05, 0.1) is 11.2 Å². The molecule has 2 fully saturated rings. The molecule has 3 aliphatic rings. The molecule has 2 bridgehead atoms. The number of alkyl halides is 2. The Labute approximate surface area is 207 Å². The number of halogens is 3. The number of carbonyl (C=O) groups excluding carboxylic acids is 1. The molecule has 0 saturated carbocycles. The van der Waals surface area contributed by atoms with Crippen molar-refractivity contribution in [1.29, 1.82) is 0 Å². The number of benzene rings is 3. The van der Waals surface area contributed by atoms with Gasteiger partial charge in [0.2, 0.25) is 0 Å². The molecule has 4 nitrogen and oxygen atoms in total. The van der Waals surface area contributed by atoms with Crippen LogP contribution >= 0.6 is 0 Å². The van der Waals surface area contributed by atoms with Crippen molar-refractivity contribution < 1.29 is 27.8 Å². The Morgan fingerprint density at radius 3 is 2.11 bits per heavy atom. The van der Waals surface area contributed by atoms with Gasteiger partial charge in [0.15, 0.2) is 0 Å². The average molecular weight is 494 g/mol. The van der Waals surface area contributed by atoms with E-state index in [1.54, 1.807) is 4.90 Å². The zero-order valence-corrected chi connectivity index (χ0v) is 19.5. The highest BCUT2D eigenvalue weighted by atomic mass is 19.3. The summed E-state index contributed by atoms with van der Waals surface area (Å²) >= 11 is 0. The highest BCUT2D eigenvalue weighted by molar-refractivity contribution is 5.79. The van der Waals surface area contributed by atoms with Crippen molar-refractivity contribution in [3.8, 4) is 11.1 Å². The van der Waals surface area contributed by atoms with E-state index < -0.39 is 29.5 Å². The summed E-state index contributed by atoms with van der Waals surface area (Å²) in [6.07, 6.45) is -1.50. The Kier molecular flexibility index (Phi) is 5.56. The normalized spacial score (nSPS) is 24.6. The fourth-order valence-corrected chi connectivity index (χ4v) is 6.42. The van der Waals surface area contributed by atoms with Crippen molar-refractivity contribution in [1.82, 2.24) is 4.90 Å². The molecule has 186 valence electrons. The first-order valence-electron chi connectivity index (χ1n) is 12.3. The van der Waals surface area contributed by atoms with Crippen molar-refractivity contribution >= 4 is 6.09 Å². The molecule has 2 heterocycles. The van der Waals surface area contributed by atoms with E-state index in [-0.39, 0.29) is 43.0 Å². The summed E-state index contributed by atoms with van der Waals surface area (Å²) < 4.78 is 46.0. The fraction of sp³-hybridized carbons (Fsp3) is 0.345. The molecule has 1 N–H and O–H groups in total. The lowest BCUT2D eigenvalue weighted by Crippen LogP contribution is -2.52. The van der Waals surface area contributed by atoms with Crippen LogP contribution in [-0.4, -0.2) is 34.8 Å². The maximum absolute atomic E-state index is 14.2. The van der Waals surface area contributed by atoms with E-state index in [4.69, 9.17) is 4.74 Å². The lowest BCUT2D eigenvalue weighted by atomic mass is 9.80. The van der Waals surface area contributed by atoms with Crippen LogP contribution in [-0.2, 0) is 10.3 Å². The molecule has 0 aromatic heterocycles. The van der Waals surface area contributed by atoms with E-state index in [0.717, 1.165) is 34.4 Å². The number of hydrogen-bond donors (Lipinski definition) is 1. The second-order valence-electron chi connectivity index (χ2n) is 10.1. The monoisotopic (exact) mass is 493 g/mol. The number of rotatable bonds is 4. The van der Waals surface area contributed by atoms with Gasteiger partial charge >= 0.3 is 6.09 Å². The van der Waals surface area contributed by atoms with E-state index in [0.29, 0.717) is 12.8 Å². The first kappa shape index (κ1) is 23.1. The Bertz CT molecular complexity index is 1270. The summed E-state index contributed by atoms with van der Waals surface area (Å²) in [6, 6.07) is 19.2. The van der Waals surface area contributed by atoms with Gasteiger partial charge in [-0.25, -0.2) is 18.0 Å². The van der Waals surface area contributed by atoms with Gasteiger partial charge in [0.25, 0.3) is 6.43 Å². The van der Waals surface area contributed by atoms with Crippen LogP contribution in [0.15, 0.2) is 66.7 Å². The van der Waals surface area contributed by atoms with Crippen LogP contribution in [0.4, 0.5) is 18.0 Å². The summed E-state index contributed by atoms with van der Waals surface area (Å²) in [7, 11) is 0. The molecule has 2 aliphatic heterocycles. The number of carbonyl (C=O) groups is 1. The number of hydrogen-bond acceptors (Lipinski definition) is 3. The zero-order valence-electron chi connectivity index (χ0n) is 19.5. The standard InChI is InChI=1S/C29H26F3NO3/c30-26-13-17(9-12-24(26)27(31)32)29(35)14-18-10-11-19(15-29)33(18)28(34)36-16-25-22-7-3-1-5-20(22)21-6-2-4-8-23(21)25/h1-9,12-13,18-19,25,27,35H,10-11,14-16H2. The van der Waals surface area contributed by atoms with Crippen LogP contribution in [0.5, 0.6) is 0 Å². The lowest BCUT2D eigenvalue weighted by Gasteiger charge is -2.43. The van der Waals surface area contributed by atoms with Crippen molar-refractivity contribution in [3.63, 3.8) is 0 Å². The van der Waals surface area contributed by atoms with Gasteiger partial charge in [-0.3, -0.25) is 0 Å². The Morgan fingerprint density at radius 1 is 0.972 bits per heavy atom. The predicted octanol–water partition coefficient (Wildman–Crippen LogP) is 6.53. The molecule has 1 aliphatic carbocycles. The molecule has 6 rings (SSSR count). The SMILES string of the molecule is O=C(OCC1c2ccccc2-c2ccccc21)N1C2CCC1CC(O)(c1ccc(C(F)F)c(F)c1)C2. The molecule has 3 aromatic carbocycles. The largest absolute Gasteiger partial charge is 0.448 e. The molecule has 36 heavy (non-hydrogen) atoms. The van der Waals surface area contributed by atoms with Crippen LogP contribution in [0, 0.1) is 5.82 Å². The molecular formula is C29H26F3NO3.